The third kappa shape index (κ3) is 2.60. The molecule has 2 nitrogen and oxygen atoms in total. The summed E-state index contributed by atoms with van der Waals surface area (Å²) < 4.78 is 6.41. The summed E-state index contributed by atoms with van der Waals surface area (Å²) in [5.41, 5.74) is 2.50. The van der Waals surface area contributed by atoms with E-state index < -0.39 is 0 Å². The van der Waals surface area contributed by atoms with Crippen LogP contribution in [0.5, 0.6) is 0 Å². The first kappa shape index (κ1) is 17.1. The Morgan fingerprint density at radius 3 is 2.67 bits per heavy atom. The maximum Gasteiger partial charge on any atom is 0.0930 e. The van der Waals surface area contributed by atoms with Gasteiger partial charge in [0.25, 0.3) is 0 Å². The summed E-state index contributed by atoms with van der Waals surface area (Å²) in [5, 5.41) is 9.17. The number of rotatable bonds is 3. The molecule has 0 aromatic heterocycles. The van der Waals surface area contributed by atoms with E-state index in [4.69, 9.17) is 4.74 Å². The molecule has 3 saturated carbocycles. The van der Waals surface area contributed by atoms with E-state index in [1.165, 1.54) is 56.9 Å². The van der Waals surface area contributed by atoms with E-state index in [0.717, 1.165) is 24.2 Å². The summed E-state index contributed by atoms with van der Waals surface area (Å²) in [6.07, 6.45) is 11.6. The largest absolute Gasteiger partial charge is 0.396 e. The summed E-state index contributed by atoms with van der Waals surface area (Å²) in [7, 11) is 0. The van der Waals surface area contributed by atoms with Gasteiger partial charge in [0, 0.05) is 12.0 Å². The van der Waals surface area contributed by atoms with Gasteiger partial charge in [-0.1, -0.05) is 26.0 Å². The molecule has 6 atom stereocenters. The molecule has 1 heterocycles. The van der Waals surface area contributed by atoms with Crippen LogP contribution in [0.3, 0.4) is 0 Å². The van der Waals surface area contributed by atoms with E-state index in [0.29, 0.717) is 23.5 Å². The van der Waals surface area contributed by atoms with Crippen molar-refractivity contribution in [2.24, 2.45) is 28.6 Å². The molecule has 1 aliphatic heterocycles. The molecule has 1 saturated heterocycles. The zero-order valence-electron chi connectivity index (χ0n) is 15.9. The minimum atomic E-state index is 0.132. The van der Waals surface area contributed by atoms with Crippen LogP contribution in [0.1, 0.15) is 78.6 Å². The smallest absolute Gasteiger partial charge is 0.0930 e. The number of epoxide rings is 1. The van der Waals surface area contributed by atoms with Gasteiger partial charge in [-0.3, -0.25) is 0 Å². The molecule has 0 unspecified atom stereocenters. The molecule has 0 radical (unpaired) electrons. The first-order chi connectivity index (χ1) is 11.3. The molecule has 4 rings (SSSR count). The summed E-state index contributed by atoms with van der Waals surface area (Å²) in [6, 6.07) is 0. The Kier molecular flexibility index (Phi) is 3.97. The van der Waals surface area contributed by atoms with Crippen LogP contribution in [0, 0.1) is 28.6 Å². The van der Waals surface area contributed by atoms with Crippen molar-refractivity contribution >= 4 is 0 Å². The molecular formula is C22H36O2. The molecule has 0 amide bonds. The number of aliphatic hydroxyl groups excluding tert-OH is 1. The van der Waals surface area contributed by atoms with E-state index in [1.54, 1.807) is 0 Å². The van der Waals surface area contributed by atoms with Gasteiger partial charge in [-0.15, -0.1) is 0 Å². The zero-order valence-corrected chi connectivity index (χ0v) is 15.9. The minimum Gasteiger partial charge on any atom is -0.396 e. The molecule has 4 fully saturated rings. The number of aliphatic hydroxyl groups is 1. The van der Waals surface area contributed by atoms with Gasteiger partial charge in [-0.2, -0.15) is 0 Å². The number of allylic oxidation sites excluding steroid dienone is 1. The Bertz CT molecular complexity index is 524. The second-order valence-electron chi connectivity index (χ2n) is 10.4. The fourth-order valence-corrected chi connectivity index (χ4v) is 6.88. The van der Waals surface area contributed by atoms with Crippen molar-refractivity contribution < 1.29 is 9.84 Å². The summed E-state index contributed by atoms with van der Waals surface area (Å²) >= 11 is 0. The van der Waals surface area contributed by atoms with Crippen LogP contribution in [0.15, 0.2) is 12.2 Å². The standard InChI is InChI=1S/C22H36O2/c1-15-12-22(10-7-16(13-22)6-5-11-23)19-21(4,24-19)9-8-18-17(15)14-20(18,2)3/h16-19,23H,1,5-14H2,2-4H3/t16-,17-,18-,19-,21-,22-/m1/s1. The first-order valence-electron chi connectivity index (χ1n) is 10.3. The minimum absolute atomic E-state index is 0.132. The fraction of sp³-hybridized carbons (Fsp3) is 0.909. The molecule has 0 aromatic rings. The van der Waals surface area contributed by atoms with Gasteiger partial charge in [0.05, 0.1) is 11.7 Å². The van der Waals surface area contributed by atoms with Gasteiger partial charge in [0.15, 0.2) is 0 Å². The Morgan fingerprint density at radius 2 is 1.96 bits per heavy atom. The number of fused-ring (bicyclic) bond motifs is 3. The molecule has 3 aliphatic carbocycles. The van der Waals surface area contributed by atoms with E-state index in [1.807, 2.05) is 0 Å². The van der Waals surface area contributed by atoms with Gasteiger partial charge in [0.2, 0.25) is 0 Å². The van der Waals surface area contributed by atoms with Crippen LogP contribution in [-0.2, 0) is 4.74 Å². The molecule has 1 N–H and O–H groups in total. The van der Waals surface area contributed by atoms with Crippen molar-refractivity contribution in [3.63, 3.8) is 0 Å². The monoisotopic (exact) mass is 332 g/mol. The molecule has 136 valence electrons. The van der Waals surface area contributed by atoms with Crippen LogP contribution in [0.4, 0.5) is 0 Å². The molecule has 4 aliphatic rings. The highest BCUT2D eigenvalue weighted by Crippen LogP contribution is 2.66. The Balaban J connectivity index is 1.55. The lowest BCUT2D eigenvalue weighted by Crippen LogP contribution is -2.45. The second kappa shape index (κ2) is 5.58. The third-order valence-electron chi connectivity index (χ3n) is 8.25. The second-order valence-corrected chi connectivity index (χ2v) is 10.4. The van der Waals surface area contributed by atoms with Crippen molar-refractivity contribution in [2.45, 2.75) is 90.3 Å². The van der Waals surface area contributed by atoms with Crippen molar-refractivity contribution in [2.75, 3.05) is 6.61 Å². The maximum absolute atomic E-state index is 9.17. The lowest BCUT2D eigenvalue weighted by atomic mass is 9.52. The van der Waals surface area contributed by atoms with Gasteiger partial charge >= 0.3 is 0 Å². The predicted molar refractivity (Wildman–Crippen MR) is 97.7 cm³/mol. The fourth-order valence-electron chi connectivity index (χ4n) is 6.88. The summed E-state index contributed by atoms with van der Waals surface area (Å²) in [4.78, 5) is 0. The Labute approximate surface area is 148 Å². The highest BCUT2D eigenvalue weighted by atomic mass is 16.6. The van der Waals surface area contributed by atoms with E-state index in [-0.39, 0.29) is 5.60 Å². The number of hydrogen-bond acceptors (Lipinski definition) is 2. The van der Waals surface area contributed by atoms with Crippen LogP contribution in [0.2, 0.25) is 0 Å². The average Bonchev–Trinajstić information content (AvgIpc) is 3.02. The predicted octanol–water partition coefficient (Wildman–Crippen LogP) is 5.11. The molecule has 24 heavy (non-hydrogen) atoms. The summed E-state index contributed by atoms with van der Waals surface area (Å²) in [5.74, 6) is 2.36. The van der Waals surface area contributed by atoms with Crippen molar-refractivity contribution in [1.82, 2.24) is 0 Å². The van der Waals surface area contributed by atoms with Gasteiger partial charge in [-0.25, -0.2) is 0 Å². The van der Waals surface area contributed by atoms with Gasteiger partial charge < -0.3 is 9.84 Å². The Morgan fingerprint density at radius 1 is 1.17 bits per heavy atom. The summed E-state index contributed by atoms with van der Waals surface area (Å²) in [6.45, 7) is 12.2. The van der Waals surface area contributed by atoms with Gasteiger partial charge in [-0.05, 0) is 87.9 Å². The zero-order chi connectivity index (χ0) is 17.2. The van der Waals surface area contributed by atoms with Crippen LogP contribution in [-0.4, -0.2) is 23.4 Å². The SMILES string of the molecule is C=C1C[C@@]2(CC[C@@H](CCCO)C2)[C@@H]2O[C@]2(C)CC[C@@H]2[C@@H]1CC2(C)C. The van der Waals surface area contributed by atoms with Crippen molar-refractivity contribution in [3.8, 4) is 0 Å². The molecular weight excluding hydrogens is 296 g/mol. The third-order valence-corrected chi connectivity index (χ3v) is 8.25. The van der Waals surface area contributed by atoms with E-state index in [2.05, 4.69) is 27.4 Å². The lowest BCUT2D eigenvalue weighted by molar-refractivity contribution is -0.00523. The highest BCUT2D eigenvalue weighted by molar-refractivity contribution is 5.22. The number of ether oxygens (including phenoxy) is 1. The quantitative estimate of drug-likeness (QED) is 0.576. The topological polar surface area (TPSA) is 32.8 Å². The normalized spacial score (nSPS) is 49.6. The van der Waals surface area contributed by atoms with Crippen LogP contribution < -0.4 is 0 Å². The molecule has 2 heteroatoms. The van der Waals surface area contributed by atoms with E-state index in [9.17, 15) is 5.11 Å². The van der Waals surface area contributed by atoms with Crippen LogP contribution >= 0.6 is 0 Å². The Hall–Kier alpha value is -0.340. The molecule has 1 spiro atoms. The first-order valence-corrected chi connectivity index (χ1v) is 10.3. The molecule has 0 bridgehead atoms. The van der Waals surface area contributed by atoms with Crippen molar-refractivity contribution in [3.05, 3.63) is 12.2 Å². The number of hydrogen-bond donors (Lipinski definition) is 1. The van der Waals surface area contributed by atoms with Crippen LogP contribution in [0.25, 0.3) is 0 Å². The highest BCUT2D eigenvalue weighted by Gasteiger charge is 2.65. The van der Waals surface area contributed by atoms with Gasteiger partial charge in [0.1, 0.15) is 0 Å². The van der Waals surface area contributed by atoms with Crippen molar-refractivity contribution in [1.29, 1.82) is 0 Å². The molecule has 0 aromatic carbocycles. The average molecular weight is 333 g/mol. The lowest BCUT2D eigenvalue weighted by Gasteiger charge is -2.53. The maximum atomic E-state index is 9.17. The van der Waals surface area contributed by atoms with E-state index >= 15 is 0 Å².